The monoisotopic (exact) mass is 2240 g/mol. The number of nitrogens with two attached hydrogens (primary N) is 2. The lowest BCUT2D eigenvalue weighted by Crippen LogP contribution is -2.13. The van der Waals surface area contributed by atoms with Crippen molar-refractivity contribution in [2.24, 2.45) is 0 Å². The fraction of sp³-hybridized carbons (Fsp3) is 0.310. The molecule has 2 unspecified atom stereocenters. The second-order valence-electron chi connectivity index (χ2n) is 32.2. The van der Waals surface area contributed by atoms with Crippen LogP contribution in [-0.2, 0) is 37.9 Å². The number of aliphatic hydroxyl groups excluding tert-OH is 1. The molecule has 0 aromatic heterocycles. The number of hydrogen-bond acceptors (Lipinski definition) is 30. The van der Waals surface area contributed by atoms with E-state index in [0.29, 0.717) is 144 Å². The van der Waals surface area contributed by atoms with Gasteiger partial charge >= 0.3 is 11.9 Å². The molecule has 32 nitrogen and oxygen atoms in total. The van der Waals surface area contributed by atoms with E-state index in [1.807, 2.05) is 170 Å². The molecular weight excluding hydrogens is 2120 g/mol. The highest BCUT2D eigenvalue weighted by Gasteiger charge is 2.33. The topological polar surface area (TPSA) is 377 Å². The number of hydrogen-bond donors (Lipinski definition) is 5. The van der Waals surface area contributed by atoms with Gasteiger partial charge in [0, 0.05) is 49.7 Å². The predicted octanol–water partition coefficient (Wildman–Crippen LogP) is 22.8. The first-order chi connectivity index (χ1) is 71.3. The van der Waals surface area contributed by atoms with Crippen LogP contribution >= 0.6 is 45.2 Å². The van der Waals surface area contributed by atoms with E-state index in [2.05, 4.69) is 55.8 Å². The molecule has 0 spiro atoms. The minimum Gasteiger partial charge on any atom is -0.501 e. The van der Waals surface area contributed by atoms with Crippen molar-refractivity contribution in [2.75, 3.05) is 155 Å². The summed E-state index contributed by atoms with van der Waals surface area (Å²) in [6.07, 6.45) is 19.4. The van der Waals surface area contributed by atoms with Crippen molar-refractivity contribution < 1.29 is 133 Å². The van der Waals surface area contributed by atoms with Gasteiger partial charge in [-0.15, -0.1) is 0 Å². The van der Waals surface area contributed by atoms with Crippen LogP contribution in [0.2, 0.25) is 0 Å². The van der Waals surface area contributed by atoms with Crippen molar-refractivity contribution >= 4 is 91.7 Å². The second-order valence-corrected chi connectivity index (χ2v) is 34.7. The van der Waals surface area contributed by atoms with E-state index in [1.165, 1.54) is 0 Å². The van der Waals surface area contributed by atoms with Crippen LogP contribution in [0.15, 0.2) is 255 Å². The Morgan fingerprint density at radius 2 is 0.673 bits per heavy atom. The van der Waals surface area contributed by atoms with E-state index in [4.69, 9.17) is 126 Å². The van der Waals surface area contributed by atoms with E-state index < -0.39 is 6.29 Å². The van der Waals surface area contributed by atoms with Crippen LogP contribution < -0.4 is 93.2 Å². The lowest BCUT2D eigenvalue weighted by molar-refractivity contribution is -0.0589. The largest absolute Gasteiger partial charge is 0.501 e. The summed E-state index contributed by atoms with van der Waals surface area (Å²) in [5, 5.41) is 14.2. The van der Waals surface area contributed by atoms with Gasteiger partial charge in [-0.05, 0) is 269 Å². The van der Waals surface area contributed by atoms with Gasteiger partial charge in [0.25, 0.3) is 11.8 Å². The van der Waals surface area contributed by atoms with Crippen LogP contribution in [0, 0.1) is 7.14 Å². The number of benzene rings is 11. The van der Waals surface area contributed by atoms with Gasteiger partial charge in [0.2, 0.25) is 28.7 Å². The molecule has 0 radical (unpaired) electrons. The normalized spacial score (nSPS) is 16.9. The zero-order valence-electron chi connectivity index (χ0n) is 85.3. The lowest BCUT2D eigenvalue weighted by atomic mass is 10.0. The maximum atomic E-state index is 12.6. The molecule has 6 aliphatic rings. The molecule has 6 heterocycles. The average molecular weight is 2240 g/mol. The lowest BCUT2D eigenvalue weighted by Gasteiger charge is -2.18. The Kier molecular flexibility index (Phi) is 46.3. The van der Waals surface area contributed by atoms with Crippen molar-refractivity contribution in [1.29, 1.82) is 0 Å². The van der Waals surface area contributed by atoms with E-state index >= 15 is 0 Å². The standard InChI is InChI=1S/C26H28N2O5.C26H26N2O5.C22H24O6.C13H16O4.C9H11IO3.C9H9IO2.C4H8O2.C4H6O/c2*1-30-23-14-18(15-24(31-2)25(23)32-3)22-13-12-21(33-22)16-8-10-17(11-9-16)26(29)28-20-7-5-4-6-19(20)27;1-5-27-22(23)15-8-6-14(7-9-15)17-10-11-18(28-17)16-12-19(24-2)21(26-4)20(13-16)25-3;1-14-11-7-9(10-5-4-6-17-10)8-12(15-2)13(11)16-3;1-11-7-4-6(10)5-8(12-2)9(7)13-3;1-2-12-9(11)7-3-5-8(10)6-4-7;5-4-2-1-3-6-4;1-2-4-5-3-1/h4-11,14-15,21-22H,12-13,27H2,1-3H3,(H,28,29);4-15,21-22H,27H2,1-3H3,(H,28,29);6-13,17-18H,5H2,1-4H3;4,6-8,10H,5H2,1-3H3;4-5H,1-3H3;3-6H,2H2,1H3;4-5H,1-3H2;1,3H,2,4H2/t2*21-,22-;17-,18-;;;;;/m000...../s1. The number of halogens is 2. The highest BCUT2D eigenvalue weighted by molar-refractivity contribution is 14.1. The summed E-state index contributed by atoms with van der Waals surface area (Å²) in [6, 6.07) is 62.6. The SMILES string of the molecule is C1=COCC1.CCOC(=O)c1ccc(I)cc1.CCOC(=O)c1ccc([C@@H]2C=C[C@@H](c3cc(OC)c(OC)c(OC)c3)O2)cc1.COc1cc(C2CC=CO2)cc(OC)c1OC.COc1cc(I)cc(OC)c1OC.COc1cc([C@@H]2C=C[C@@H](c3ccc(C(=O)Nc4ccccc4N)cc3)O2)cc(OC)c1OC.COc1cc([C@@H]2CC[C@@H](c3ccc(C(=O)Nc4ccccc4N)cc3)O2)cc(OC)c1OC.OC1CCCO1. The first kappa shape index (κ1) is 115. The highest BCUT2D eigenvalue weighted by atomic mass is 127. The molecular formula is C113H128I2N4O28. The number of nitrogen functional groups attached to an aromatic ring is 2. The number of aliphatic hydroxyl groups is 1. The van der Waals surface area contributed by atoms with Gasteiger partial charge in [0.05, 0.1) is 185 Å². The first-order valence-corrected chi connectivity index (χ1v) is 49.1. The van der Waals surface area contributed by atoms with Crippen LogP contribution in [0.1, 0.15) is 175 Å². The summed E-state index contributed by atoms with van der Waals surface area (Å²) < 4.78 is 126. The van der Waals surface area contributed by atoms with Crippen LogP contribution in [-0.4, -0.2) is 168 Å². The molecule has 782 valence electrons. The number of methoxy groups -OCH3 is 15. The van der Waals surface area contributed by atoms with E-state index in [0.717, 1.165) is 97.8 Å². The first-order valence-electron chi connectivity index (χ1n) is 46.9. The Morgan fingerprint density at radius 1 is 0.347 bits per heavy atom. The third-order valence-corrected chi connectivity index (χ3v) is 24.4. The van der Waals surface area contributed by atoms with E-state index in [9.17, 15) is 19.2 Å². The highest BCUT2D eigenvalue weighted by Crippen LogP contribution is 2.50. The fourth-order valence-electron chi connectivity index (χ4n) is 15.6. The number of nitrogens with one attached hydrogen (secondary N) is 2. The number of carbonyl (C=O) groups excluding carboxylic acids is 4. The summed E-state index contributed by atoms with van der Waals surface area (Å²) in [4.78, 5) is 48.1. The summed E-state index contributed by atoms with van der Waals surface area (Å²) in [7, 11) is 23.9. The molecule has 147 heavy (non-hydrogen) atoms. The third-order valence-electron chi connectivity index (χ3n) is 23.1. The maximum Gasteiger partial charge on any atom is 0.338 e. The van der Waals surface area contributed by atoms with E-state index in [-0.39, 0.29) is 66.5 Å². The number of anilines is 4. The number of esters is 2. The Bertz CT molecular complexity index is 6060. The van der Waals surface area contributed by atoms with Crippen molar-refractivity contribution in [3.63, 3.8) is 0 Å². The average Bonchev–Trinajstić information content (AvgIpc) is 1.75. The molecule has 2 fully saturated rings. The number of amides is 2. The zero-order valence-corrected chi connectivity index (χ0v) is 89.6. The van der Waals surface area contributed by atoms with Gasteiger partial charge in [-0.25, -0.2) is 9.59 Å². The molecule has 34 heteroatoms. The number of carbonyl (C=O) groups is 4. The molecule has 7 N–H and O–H groups in total. The smallest absolute Gasteiger partial charge is 0.338 e. The number of para-hydroxylation sites is 4. The molecule has 2 amide bonds. The Balaban J connectivity index is 0.000000182. The summed E-state index contributed by atoms with van der Waals surface area (Å²) in [6.45, 7) is 5.98. The van der Waals surface area contributed by atoms with Gasteiger partial charge in [-0.3, -0.25) is 9.59 Å². The molecule has 11 aromatic carbocycles. The predicted molar refractivity (Wildman–Crippen MR) is 577 cm³/mol. The quantitative estimate of drug-likeness (QED) is 0.0121. The Morgan fingerprint density at radius 3 is 0.966 bits per heavy atom. The number of ether oxygens (including phenoxy) is 23. The second kappa shape index (κ2) is 59.4. The Labute approximate surface area is 885 Å². The van der Waals surface area contributed by atoms with Crippen LogP contribution in [0.5, 0.6) is 86.2 Å². The summed E-state index contributed by atoms with van der Waals surface area (Å²) in [5.74, 6) is 8.04. The minimum atomic E-state index is -0.454. The molecule has 0 bridgehead atoms. The van der Waals surface area contributed by atoms with Crippen molar-refractivity contribution in [3.05, 3.63) is 324 Å². The van der Waals surface area contributed by atoms with Crippen molar-refractivity contribution in [1.82, 2.24) is 0 Å². The molecule has 11 aromatic rings. The van der Waals surface area contributed by atoms with Crippen LogP contribution in [0.25, 0.3) is 0 Å². The summed E-state index contributed by atoms with van der Waals surface area (Å²) >= 11 is 4.38. The maximum absolute atomic E-state index is 12.6. The van der Waals surface area contributed by atoms with Crippen LogP contribution in [0.4, 0.5) is 22.7 Å². The van der Waals surface area contributed by atoms with Gasteiger partial charge < -0.3 is 136 Å². The molecule has 2 saturated heterocycles. The zero-order chi connectivity index (χ0) is 106. The van der Waals surface area contributed by atoms with Gasteiger partial charge in [0.1, 0.15) is 30.5 Å². The van der Waals surface area contributed by atoms with Crippen molar-refractivity contribution in [3.8, 4) is 86.2 Å². The molecule has 0 aliphatic carbocycles. The molecule has 8 atom stereocenters. The third kappa shape index (κ3) is 32.4. The van der Waals surface area contributed by atoms with Gasteiger partial charge in [0.15, 0.2) is 63.8 Å². The Hall–Kier alpha value is -14.3. The molecule has 6 aliphatic heterocycles. The van der Waals surface area contributed by atoms with Gasteiger partial charge in [-0.1, -0.05) is 85.0 Å². The minimum absolute atomic E-state index is 0.0312. The van der Waals surface area contributed by atoms with Crippen LogP contribution in [0.3, 0.4) is 0 Å². The fourth-order valence-corrected chi connectivity index (χ4v) is 16.5. The number of rotatable bonds is 30. The molecule has 0 saturated carbocycles. The van der Waals surface area contributed by atoms with Crippen molar-refractivity contribution in [2.45, 2.75) is 101 Å². The molecule has 17 rings (SSSR count). The van der Waals surface area contributed by atoms with E-state index in [1.54, 1.807) is 206 Å². The van der Waals surface area contributed by atoms with Gasteiger partial charge in [-0.2, -0.15) is 0 Å². The summed E-state index contributed by atoms with van der Waals surface area (Å²) in [5.41, 5.74) is 23.0.